The van der Waals surface area contributed by atoms with Crippen molar-refractivity contribution in [3.05, 3.63) is 35.4 Å². The molecule has 0 saturated carbocycles. The Morgan fingerprint density at radius 3 is 2.94 bits per heavy atom. The summed E-state index contributed by atoms with van der Waals surface area (Å²) in [6, 6.07) is 8.28. The zero-order chi connectivity index (χ0) is 11.5. The zero-order valence-electron chi connectivity index (χ0n) is 9.57. The van der Waals surface area contributed by atoms with Crippen LogP contribution in [0.3, 0.4) is 0 Å². The Morgan fingerprint density at radius 1 is 1.56 bits per heavy atom. The molecule has 0 fully saturated rings. The number of amides is 1. The number of fused-ring (bicyclic) bond motifs is 1. The molecule has 0 aliphatic heterocycles. The lowest BCUT2D eigenvalue weighted by atomic mass is 9.77. The third kappa shape index (κ3) is 2.09. The molecular weight excluding hydrogens is 200 g/mol. The average Bonchev–Trinajstić information content (AvgIpc) is 2.24. The fourth-order valence-electron chi connectivity index (χ4n) is 2.28. The first-order valence-corrected chi connectivity index (χ1v) is 5.83. The van der Waals surface area contributed by atoms with Crippen molar-refractivity contribution in [2.24, 2.45) is 5.73 Å². The molecule has 3 N–H and O–H groups in total. The average molecular weight is 218 g/mol. The number of carbonyl (C=O) groups is 1. The van der Waals surface area contributed by atoms with E-state index in [-0.39, 0.29) is 11.9 Å². The van der Waals surface area contributed by atoms with E-state index in [1.165, 1.54) is 11.1 Å². The minimum Gasteiger partial charge on any atom is -0.368 e. The van der Waals surface area contributed by atoms with Crippen molar-refractivity contribution in [3.63, 3.8) is 0 Å². The second-order valence-corrected chi connectivity index (χ2v) is 4.37. The lowest BCUT2D eigenvalue weighted by Gasteiger charge is -2.31. The molecule has 1 aromatic rings. The Hall–Kier alpha value is -1.35. The van der Waals surface area contributed by atoms with E-state index < -0.39 is 0 Å². The van der Waals surface area contributed by atoms with E-state index >= 15 is 0 Å². The molecule has 1 aromatic carbocycles. The van der Waals surface area contributed by atoms with Gasteiger partial charge in [-0.1, -0.05) is 31.2 Å². The summed E-state index contributed by atoms with van der Waals surface area (Å²) in [5.74, 6) is 0.291. The molecule has 3 nitrogen and oxygen atoms in total. The number of nitrogens with two attached hydrogens (primary N) is 1. The van der Waals surface area contributed by atoms with Crippen LogP contribution in [0.25, 0.3) is 0 Å². The Morgan fingerprint density at radius 2 is 2.31 bits per heavy atom. The number of hydrogen-bond acceptors (Lipinski definition) is 2. The predicted molar refractivity (Wildman–Crippen MR) is 64.2 cm³/mol. The lowest BCUT2D eigenvalue weighted by Crippen LogP contribution is -2.43. The molecule has 0 heterocycles. The Labute approximate surface area is 96.0 Å². The highest BCUT2D eigenvalue weighted by molar-refractivity contribution is 5.79. The first-order chi connectivity index (χ1) is 7.72. The van der Waals surface area contributed by atoms with Crippen molar-refractivity contribution in [3.8, 4) is 0 Å². The molecule has 0 radical (unpaired) electrons. The van der Waals surface area contributed by atoms with Crippen LogP contribution in [0, 0.1) is 0 Å². The van der Waals surface area contributed by atoms with Crippen LogP contribution in [-0.4, -0.2) is 18.5 Å². The summed E-state index contributed by atoms with van der Waals surface area (Å²) in [4.78, 5) is 11.1. The SMILES string of the molecule is CCC(NCC1Cc2ccccc21)C(N)=O. The molecule has 1 amide bonds. The van der Waals surface area contributed by atoms with Crippen molar-refractivity contribution in [2.45, 2.75) is 31.7 Å². The number of benzene rings is 1. The van der Waals surface area contributed by atoms with Crippen LogP contribution in [0.2, 0.25) is 0 Å². The Kier molecular flexibility index (Phi) is 3.25. The molecule has 16 heavy (non-hydrogen) atoms. The summed E-state index contributed by atoms with van der Waals surface area (Å²) in [5.41, 5.74) is 8.13. The normalized spacial score (nSPS) is 19.7. The fraction of sp³-hybridized carbons (Fsp3) is 0.462. The quantitative estimate of drug-likeness (QED) is 0.779. The van der Waals surface area contributed by atoms with E-state index in [9.17, 15) is 4.79 Å². The summed E-state index contributed by atoms with van der Waals surface area (Å²) in [6.07, 6.45) is 1.86. The van der Waals surface area contributed by atoms with Gasteiger partial charge in [-0.3, -0.25) is 4.79 Å². The molecular formula is C13H18N2O. The molecule has 0 aromatic heterocycles. The maximum Gasteiger partial charge on any atom is 0.234 e. The first kappa shape index (κ1) is 11.1. The Bertz CT molecular complexity index is 389. The van der Waals surface area contributed by atoms with E-state index in [1.807, 2.05) is 6.92 Å². The maximum atomic E-state index is 11.1. The van der Waals surface area contributed by atoms with Gasteiger partial charge in [0.25, 0.3) is 0 Å². The van der Waals surface area contributed by atoms with Crippen molar-refractivity contribution < 1.29 is 4.79 Å². The highest BCUT2D eigenvalue weighted by atomic mass is 16.1. The van der Waals surface area contributed by atoms with Crippen LogP contribution in [0.15, 0.2) is 24.3 Å². The van der Waals surface area contributed by atoms with Gasteiger partial charge in [-0.25, -0.2) is 0 Å². The minimum atomic E-state index is -0.255. The summed E-state index contributed by atoms with van der Waals surface area (Å²) in [7, 11) is 0. The molecule has 0 bridgehead atoms. The fourth-order valence-corrected chi connectivity index (χ4v) is 2.28. The molecule has 2 rings (SSSR count). The van der Waals surface area contributed by atoms with Crippen molar-refractivity contribution >= 4 is 5.91 Å². The van der Waals surface area contributed by atoms with E-state index in [0.29, 0.717) is 5.92 Å². The number of nitrogens with one attached hydrogen (secondary N) is 1. The van der Waals surface area contributed by atoms with Gasteiger partial charge in [0.1, 0.15) is 0 Å². The molecule has 2 atom stereocenters. The third-order valence-electron chi connectivity index (χ3n) is 3.32. The second kappa shape index (κ2) is 4.66. The Balaban J connectivity index is 1.88. The minimum absolute atomic E-state index is 0.187. The summed E-state index contributed by atoms with van der Waals surface area (Å²) < 4.78 is 0. The standard InChI is InChI=1S/C13H18N2O/c1-2-12(13(14)16)15-8-10-7-9-5-3-4-6-11(9)10/h3-6,10,12,15H,2,7-8H2,1H3,(H2,14,16). The van der Waals surface area contributed by atoms with Gasteiger partial charge in [-0.05, 0) is 24.0 Å². The van der Waals surface area contributed by atoms with Gasteiger partial charge in [0.15, 0.2) is 0 Å². The lowest BCUT2D eigenvalue weighted by molar-refractivity contribution is -0.120. The molecule has 1 aliphatic rings. The monoisotopic (exact) mass is 218 g/mol. The smallest absolute Gasteiger partial charge is 0.234 e. The van der Waals surface area contributed by atoms with Gasteiger partial charge in [-0.2, -0.15) is 0 Å². The van der Waals surface area contributed by atoms with Gasteiger partial charge in [0, 0.05) is 12.5 Å². The van der Waals surface area contributed by atoms with Crippen molar-refractivity contribution in [1.29, 1.82) is 0 Å². The van der Waals surface area contributed by atoms with Gasteiger partial charge in [0.2, 0.25) is 5.91 Å². The zero-order valence-corrected chi connectivity index (χ0v) is 9.57. The number of hydrogen-bond donors (Lipinski definition) is 2. The van der Waals surface area contributed by atoms with E-state index in [1.54, 1.807) is 0 Å². The third-order valence-corrected chi connectivity index (χ3v) is 3.32. The van der Waals surface area contributed by atoms with Gasteiger partial charge in [0.05, 0.1) is 6.04 Å². The first-order valence-electron chi connectivity index (χ1n) is 5.83. The number of primary amides is 1. The summed E-state index contributed by atoms with van der Waals surface area (Å²) >= 11 is 0. The highest BCUT2D eigenvalue weighted by Crippen LogP contribution is 2.34. The summed E-state index contributed by atoms with van der Waals surface area (Å²) in [5, 5.41) is 3.24. The van der Waals surface area contributed by atoms with Crippen LogP contribution >= 0.6 is 0 Å². The molecule has 3 heteroatoms. The van der Waals surface area contributed by atoms with Crippen LogP contribution in [0.5, 0.6) is 0 Å². The van der Waals surface area contributed by atoms with E-state index in [2.05, 4.69) is 29.6 Å². The topological polar surface area (TPSA) is 55.1 Å². The number of carbonyl (C=O) groups excluding carboxylic acids is 1. The summed E-state index contributed by atoms with van der Waals surface area (Å²) in [6.45, 7) is 2.82. The molecule has 86 valence electrons. The maximum absolute atomic E-state index is 11.1. The molecule has 2 unspecified atom stereocenters. The van der Waals surface area contributed by atoms with Gasteiger partial charge in [-0.15, -0.1) is 0 Å². The second-order valence-electron chi connectivity index (χ2n) is 4.37. The molecule has 1 aliphatic carbocycles. The number of rotatable bonds is 5. The largest absolute Gasteiger partial charge is 0.368 e. The van der Waals surface area contributed by atoms with E-state index in [4.69, 9.17) is 5.73 Å². The van der Waals surface area contributed by atoms with Crippen molar-refractivity contribution in [1.82, 2.24) is 5.32 Å². The van der Waals surface area contributed by atoms with E-state index in [0.717, 1.165) is 19.4 Å². The molecule has 0 saturated heterocycles. The molecule has 0 spiro atoms. The van der Waals surface area contributed by atoms with Crippen LogP contribution in [0.4, 0.5) is 0 Å². The van der Waals surface area contributed by atoms with Crippen LogP contribution in [0.1, 0.15) is 30.4 Å². The van der Waals surface area contributed by atoms with Gasteiger partial charge >= 0.3 is 0 Å². The predicted octanol–water partition coefficient (Wildman–Crippen LogP) is 1.18. The van der Waals surface area contributed by atoms with Gasteiger partial charge < -0.3 is 11.1 Å². The van der Waals surface area contributed by atoms with Crippen LogP contribution < -0.4 is 11.1 Å². The van der Waals surface area contributed by atoms with Crippen molar-refractivity contribution in [2.75, 3.05) is 6.54 Å². The van der Waals surface area contributed by atoms with Crippen LogP contribution in [-0.2, 0) is 11.2 Å². The highest BCUT2D eigenvalue weighted by Gasteiger charge is 2.26.